The minimum atomic E-state index is -0.118. The van der Waals surface area contributed by atoms with E-state index in [1.807, 2.05) is 25.1 Å². The third kappa shape index (κ3) is 2.58. The number of hydrogen-bond donors (Lipinski definition) is 3. The molecule has 5 nitrogen and oxygen atoms in total. The van der Waals surface area contributed by atoms with Crippen LogP contribution in [0.4, 0.5) is 0 Å². The number of fused-ring (bicyclic) bond motifs is 1. The van der Waals surface area contributed by atoms with E-state index in [1.54, 1.807) is 0 Å². The highest BCUT2D eigenvalue weighted by Crippen LogP contribution is 2.15. The molecule has 0 fully saturated rings. The van der Waals surface area contributed by atoms with Crippen molar-refractivity contribution in [3.05, 3.63) is 52.3 Å². The summed E-state index contributed by atoms with van der Waals surface area (Å²) < 4.78 is 0. The third-order valence-electron chi connectivity index (χ3n) is 3.56. The Balaban J connectivity index is 1.69. The van der Waals surface area contributed by atoms with E-state index >= 15 is 0 Å². The van der Waals surface area contributed by atoms with Crippen molar-refractivity contribution in [1.29, 1.82) is 0 Å². The highest BCUT2D eigenvalue weighted by atomic mass is 16.1. The zero-order chi connectivity index (χ0) is 13.9. The lowest BCUT2D eigenvalue weighted by Crippen LogP contribution is -2.28. The fraction of sp³-hybridized carbons (Fsp3) is 0.333. The Hall–Kier alpha value is -2.14. The molecule has 1 aliphatic rings. The van der Waals surface area contributed by atoms with E-state index in [1.165, 1.54) is 5.56 Å². The predicted molar refractivity (Wildman–Crippen MR) is 76.3 cm³/mol. The standard InChI is InChI=1S/C15H18N4O/c1-10-3-2-4-11(7-10)8-17-15(20)14-12-9-16-6-5-13(12)18-19-14/h2-4,7,16H,5-6,8-9H2,1H3,(H,17,20)(H,18,19). The van der Waals surface area contributed by atoms with Crippen molar-refractivity contribution >= 4 is 5.91 Å². The zero-order valence-electron chi connectivity index (χ0n) is 11.5. The van der Waals surface area contributed by atoms with E-state index in [2.05, 4.69) is 26.9 Å². The minimum Gasteiger partial charge on any atom is -0.347 e. The van der Waals surface area contributed by atoms with Crippen LogP contribution in [-0.4, -0.2) is 22.6 Å². The summed E-state index contributed by atoms with van der Waals surface area (Å²) in [6.45, 7) is 4.20. The molecule has 2 aromatic rings. The van der Waals surface area contributed by atoms with Gasteiger partial charge in [-0.2, -0.15) is 5.10 Å². The molecule has 104 valence electrons. The molecule has 1 aromatic heterocycles. The van der Waals surface area contributed by atoms with Gasteiger partial charge in [0.25, 0.3) is 5.91 Å². The smallest absolute Gasteiger partial charge is 0.272 e. The topological polar surface area (TPSA) is 69.8 Å². The first kappa shape index (κ1) is 12.9. The van der Waals surface area contributed by atoms with Gasteiger partial charge in [-0.25, -0.2) is 0 Å². The van der Waals surface area contributed by atoms with Crippen LogP contribution in [0.2, 0.25) is 0 Å². The summed E-state index contributed by atoms with van der Waals surface area (Å²) in [5.74, 6) is -0.118. The summed E-state index contributed by atoms with van der Waals surface area (Å²) in [5.41, 5.74) is 4.88. The van der Waals surface area contributed by atoms with Gasteiger partial charge in [0.1, 0.15) is 0 Å². The fourth-order valence-corrected chi connectivity index (χ4v) is 2.50. The van der Waals surface area contributed by atoms with Gasteiger partial charge in [-0.3, -0.25) is 9.89 Å². The Morgan fingerprint density at radius 1 is 1.45 bits per heavy atom. The molecule has 2 heterocycles. The van der Waals surface area contributed by atoms with Crippen molar-refractivity contribution in [2.24, 2.45) is 0 Å². The van der Waals surface area contributed by atoms with Crippen LogP contribution in [0.3, 0.4) is 0 Å². The number of nitrogens with one attached hydrogen (secondary N) is 3. The Labute approximate surface area is 117 Å². The van der Waals surface area contributed by atoms with Gasteiger partial charge in [0, 0.05) is 37.3 Å². The van der Waals surface area contributed by atoms with E-state index in [4.69, 9.17) is 0 Å². The Kier molecular flexibility index (Phi) is 3.52. The minimum absolute atomic E-state index is 0.118. The number of aryl methyl sites for hydroxylation is 1. The number of hydrogen-bond acceptors (Lipinski definition) is 3. The maximum absolute atomic E-state index is 12.2. The third-order valence-corrected chi connectivity index (χ3v) is 3.56. The van der Waals surface area contributed by atoms with Crippen LogP contribution in [0, 0.1) is 6.92 Å². The van der Waals surface area contributed by atoms with Crippen LogP contribution in [-0.2, 0) is 19.5 Å². The number of rotatable bonds is 3. The van der Waals surface area contributed by atoms with Crippen LogP contribution >= 0.6 is 0 Å². The monoisotopic (exact) mass is 270 g/mol. The number of benzene rings is 1. The predicted octanol–water partition coefficient (Wildman–Crippen LogP) is 1.29. The molecule has 1 aliphatic heterocycles. The molecular formula is C15H18N4O. The average molecular weight is 270 g/mol. The van der Waals surface area contributed by atoms with Gasteiger partial charge in [0.2, 0.25) is 0 Å². The zero-order valence-corrected chi connectivity index (χ0v) is 11.5. The number of carbonyl (C=O) groups excluding carboxylic acids is 1. The second-order valence-corrected chi connectivity index (χ2v) is 5.13. The molecule has 0 unspecified atom stereocenters. The lowest BCUT2D eigenvalue weighted by atomic mass is 10.1. The summed E-state index contributed by atoms with van der Waals surface area (Å²) in [5, 5.41) is 13.3. The number of aromatic amines is 1. The average Bonchev–Trinajstić information content (AvgIpc) is 2.89. The van der Waals surface area contributed by atoms with Crippen LogP contribution in [0.5, 0.6) is 0 Å². The summed E-state index contributed by atoms with van der Waals surface area (Å²) in [6.07, 6.45) is 0.896. The molecule has 1 aromatic carbocycles. The summed E-state index contributed by atoms with van der Waals surface area (Å²) in [4.78, 5) is 12.2. The number of amides is 1. The van der Waals surface area contributed by atoms with Gasteiger partial charge in [-0.05, 0) is 12.5 Å². The number of aromatic nitrogens is 2. The van der Waals surface area contributed by atoms with E-state index in [0.29, 0.717) is 18.8 Å². The Bertz CT molecular complexity index is 633. The van der Waals surface area contributed by atoms with E-state index in [-0.39, 0.29) is 5.91 Å². The molecule has 1 amide bonds. The van der Waals surface area contributed by atoms with E-state index in [9.17, 15) is 4.79 Å². The van der Waals surface area contributed by atoms with Crippen molar-refractivity contribution < 1.29 is 4.79 Å². The molecule has 0 atom stereocenters. The normalized spacial score (nSPS) is 13.8. The molecule has 20 heavy (non-hydrogen) atoms. The molecule has 0 bridgehead atoms. The first-order chi connectivity index (χ1) is 9.74. The molecule has 0 spiro atoms. The van der Waals surface area contributed by atoms with Crippen molar-refractivity contribution in [3.8, 4) is 0 Å². The summed E-state index contributed by atoms with van der Waals surface area (Å²) in [6, 6.07) is 8.12. The second kappa shape index (κ2) is 5.46. The molecule has 0 aliphatic carbocycles. The van der Waals surface area contributed by atoms with Gasteiger partial charge < -0.3 is 10.6 Å². The fourth-order valence-electron chi connectivity index (χ4n) is 2.50. The van der Waals surface area contributed by atoms with Crippen LogP contribution < -0.4 is 10.6 Å². The summed E-state index contributed by atoms with van der Waals surface area (Å²) >= 11 is 0. The molecule has 0 radical (unpaired) electrons. The number of H-pyrrole nitrogens is 1. The van der Waals surface area contributed by atoms with E-state index < -0.39 is 0 Å². The number of carbonyl (C=O) groups is 1. The van der Waals surface area contributed by atoms with Gasteiger partial charge in [0.05, 0.1) is 0 Å². The molecule has 5 heteroatoms. The first-order valence-corrected chi connectivity index (χ1v) is 6.84. The SMILES string of the molecule is Cc1cccc(CNC(=O)c2n[nH]c3c2CNCC3)c1. The van der Waals surface area contributed by atoms with Gasteiger partial charge in [-0.15, -0.1) is 0 Å². The van der Waals surface area contributed by atoms with Gasteiger partial charge >= 0.3 is 0 Å². The highest BCUT2D eigenvalue weighted by molar-refractivity contribution is 5.94. The Morgan fingerprint density at radius 2 is 2.35 bits per heavy atom. The molecule has 0 saturated heterocycles. The molecule has 0 saturated carbocycles. The first-order valence-electron chi connectivity index (χ1n) is 6.84. The maximum atomic E-state index is 12.2. The van der Waals surface area contributed by atoms with Crippen LogP contribution in [0.25, 0.3) is 0 Å². The highest BCUT2D eigenvalue weighted by Gasteiger charge is 2.21. The van der Waals surface area contributed by atoms with Crippen LogP contribution in [0.1, 0.15) is 32.9 Å². The van der Waals surface area contributed by atoms with Crippen LogP contribution in [0.15, 0.2) is 24.3 Å². The van der Waals surface area contributed by atoms with Gasteiger partial charge in [0.15, 0.2) is 5.69 Å². The maximum Gasteiger partial charge on any atom is 0.272 e. The quantitative estimate of drug-likeness (QED) is 0.787. The number of nitrogens with zero attached hydrogens (tertiary/aromatic N) is 1. The molecule has 3 rings (SSSR count). The van der Waals surface area contributed by atoms with Crippen molar-refractivity contribution in [2.75, 3.05) is 6.54 Å². The largest absolute Gasteiger partial charge is 0.347 e. The van der Waals surface area contributed by atoms with E-state index in [0.717, 1.165) is 29.8 Å². The summed E-state index contributed by atoms with van der Waals surface area (Å²) in [7, 11) is 0. The molecule has 3 N–H and O–H groups in total. The van der Waals surface area contributed by atoms with Gasteiger partial charge in [-0.1, -0.05) is 29.8 Å². The lowest BCUT2D eigenvalue weighted by molar-refractivity contribution is 0.0944. The van der Waals surface area contributed by atoms with Crippen molar-refractivity contribution in [2.45, 2.75) is 26.4 Å². The lowest BCUT2D eigenvalue weighted by Gasteiger charge is -2.12. The molecular weight excluding hydrogens is 252 g/mol. The second-order valence-electron chi connectivity index (χ2n) is 5.13. The Morgan fingerprint density at radius 3 is 3.20 bits per heavy atom. The van der Waals surface area contributed by atoms with Crippen molar-refractivity contribution in [1.82, 2.24) is 20.8 Å². The van der Waals surface area contributed by atoms with Crippen molar-refractivity contribution in [3.63, 3.8) is 0 Å².